The van der Waals surface area contributed by atoms with Crippen LogP contribution in [0.3, 0.4) is 0 Å². The van der Waals surface area contributed by atoms with E-state index in [2.05, 4.69) is 21.3 Å². The molecular weight excluding hydrogens is 692 g/mol. The van der Waals surface area contributed by atoms with Gasteiger partial charge in [-0.2, -0.15) is 10.5 Å². The minimum Gasteiger partial charge on any atom is -0.508 e. The SMILES string of the molecule is N#Cc1ccccc1OCC(O)CNCCNC(=O)Cc1ccc(O)cc1.N#Cc1ccccc1OCC(O)CNCCNC(=O)Cc1ccc(O)cc1. The number of phenols is 2. The van der Waals surface area contributed by atoms with Crippen molar-refractivity contribution in [3.8, 4) is 35.1 Å². The zero-order chi connectivity index (χ0) is 39.0. The van der Waals surface area contributed by atoms with Gasteiger partial charge in [0, 0.05) is 39.3 Å². The van der Waals surface area contributed by atoms with Gasteiger partial charge in [-0.1, -0.05) is 48.5 Å². The third-order valence-corrected chi connectivity index (χ3v) is 7.49. The zero-order valence-corrected chi connectivity index (χ0v) is 29.8. The Kier molecular flexibility index (Phi) is 18.9. The van der Waals surface area contributed by atoms with Crippen molar-refractivity contribution >= 4 is 11.8 Å². The van der Waals surface area contributed by atoms with E-state index in [0.29, 0.717) is 61.9 Å². The standard InChI is InChI=1S/2C20H23N3O4/c2*21-12-16-3-1-2-4-19(16)27-14-18(25)13-22-9-10-23-20(26)11-15-5-7-17(24)8-6-15/h2*1-8,18,22,24-25H,9-11,13-14H2,(H,23,26). The number of aliphatic hydroxyl groups excluding tert-OH is 2. The van der Waals surface area contributed by atoms with Crippen molar-refractivity contribution in [2.24, 2.45) is 0 Å². The largest absolute Gasteiger partial charge is 0.508 e. The number of aliphatic hydroxyl groups is 2. The molecule has 0 radical (unpaired) electrons. The number of nitriles is 2. The van der Waals surface area contributed by atoms with E-state index in [1.54, 1.807) is 97.1 Å². The van der Waals surface area contributed by atoms with Gasteiger partial charge in [0.05, 0.1) is 24.0 Å². The number of hydrogen-bond acceptors (Lipinski definition) is 12. The summed E-state index contributed by atoms with van der Waals surface area (Å²) in [6.45, 7) is 2.63. The molecule has 14 nitrogen and oxygen atoms in total. The average Bonchev–Trinajstić information content (AvgIpc) is 3.18. The van der Waals surface area contributed by atoms with Gasteiger partial charge in [-0.3, -0.25) is 9.59 Å². The van der Waals surface area contributed by atoms with Gasteiger partial charge in [-0.25, -0.2) is 0 Å². The molecule has 2 amide bonds. The van der Waals surface area contributed by atoms with Crippen LogP contribution in [0.2, 0.25) is 0 Å². The molecule has 0 aliphatic carbocycles. The Morgan fingerprint density at radius 1 is 0.574 bits per heavy atom. The molecule has 0 bridgehead atoms. The number of carbonyl (C=O) groups excluding carboxylic acids is 2. The lowest BCUT2D eigenvalue weighted by molar-refractivity contribution is -0.121. The Balaban J connectivity index is 0.000000290. The Labute approximate surface area is 314 Å². The summed E-state index contributed by atoms with van der Waals surface area (Å²) in [6.07, 6.45) is -0.974. The highest BCUT2D eigenvalue weighted by molar-refractivity contribution is 5.79. The van der Waals surface area contributed by atoms with Crippen molar-refractivity contribution in [2.45, 2.75) is 25.0 Å². The number of phenolic OH excluding ortho intramolecular Hbond substituents is 2. The lowest BCUT2D eigenvalue weighted by Gasteiger charge is -2.14. The van der Waals surface area contributed by atoms with Gasteiger partial charge in [0.15, 0.2) is 0 Å². The van der Waals surface area contributed by atoms with Gasteiger partial charge >= 0.3 is 0 Å². The highest BCUT2D eigenvalue weighted by Gasteiger charge is 2.10. The van der Waals surface area contributed by atoms with E-state index in [1.807, 2.05) is 12.1 Å². The molecule has 0 aliphatic rings. The topological polar surface area (TPSA) is 229 Å². The van der Waals surface area contributed by atoms with E-state index >= 15 is 0 Å². The predicted molar refractivity (Wildman–Crippen MR) is 201 cm³/mol. The number of ether oxygens (including phenoxy) is 2. The van der Waals surface area contributed by atoms with Crippen LogP contribution in [-0.4, -0.2) is 96.9 Å². The number of amides is 2. The van der Waals surface area contributed by atoms with E-state index in [9.17, 15) is 30.0 Å². The quantitative estimate of drug-likeness (QED) is 0.0609. The van der Waals surface area contributed by atoms with Crippen LogP contribution in [0, 0.1) is 22.7 Å². The number of carbonyl (C=O) groups is 2. The molecule has 0 heterocycles. The molecule has 4 rings (SSSR count). The number of hydrogen-bond donors (Lipinski definition) is 8. The molecule has 4 aromatic carbocycles. The molecule has 2 atom stereocenters. The molecule has 8 N–H and O–H groups in total. The van der Waals surface area contributed by atoms with Crippen LogP contribution in [0.15, 0.2) is 97.1 Å². The summed E-state index contributed by atoms with van der Waals surface area (Å²) >= 11 is 0. The highest BCUT2D eigenvalue weighted by atomic mass is 16.5. The highest BCUT2D eigenvalue weighted by Crippen LogP contribution is 2.17. The fraction of sp³-hybridized carbons (Fsp3) is 0.300. The van der Waals surface area contributed by atoms with Crippen LogP contribution in [0.4, 0.5) is 0 Å². The van der Waals surface area contributed by atoms with Gasteiger partial charge in [0.2, 0.25) is 11.8 Å². The van der Waals surface area contributed by atoms with Gasteiger partial charge in [0.25, 0.3) is 0 Å². The Bertz CT molecular complexity index is 1680. The number of nitrogens with zero attached hydrogens (tertiary/aromatic N) is 2. The molecule has 0 aliphatic heterocycles. The monoisotopic (exact) mass is 738 g/mol. The van der Waals surface area contributed by atoms with Crippen molar-refractivity contribution in [2.75, 3.05) is 52.5 Å². The van der Waals surface area contributed by atoms with E-state index in [-0.39, 0.29) is 49.4 Å². The zero-order valence-electron chi connectivity index (χ0n) is 29.8. The molecule has 0 aromatic heterocycles. The van der Waals surface area contributed by atoms with Crippen LogP contribution in [0.25, 0.3) is 0 Å². The molecule has 14 heteroatoms. The van der Waals surface area contributed by atoms with E-state index < -0.39 is 12.2 Å². The number of nitrogens with one attached hydrogen (secondary N) is 4. The first kappa shape index (κ1) is 42.3. The summed E-state index contributed by atoms with van der Waals surface area (Å²) in [5, 5.41) is 67.9. The second-order valence-electron chi connectivity index (χ2n) is 11.9. The first-order valence-electron chi connectivity index (χ1n) is 17.3. The number of aromatic hydroxyl groups is 2. The maximum Gasteiger partial charge on any atom is 0.224 e. The van der Waals surface area contributed by atoms with Gasteiger partial charge < -0.3 is 51.2 Å². The van der Waals surface area contributed by atoms with Crippen LogP contribution in [0.1, 0.15) is 22.3 Å². The molecule has 54 heavy (non-hydrogen) atoms. The van der Waals surface area contributed by atoms with E-state index in [1.165, 1.54) is 0 Å². The van der Waals surface area contributed by atoms with Crippen molar-refractivity contribution in [3.63, 3.8) is 0 Å². The minimum absolute atomic E-state index is 0.0684. The smallest absolute Gasteiger partial charge is 0.224 e. The number of benzene rings is 4. The summed E-state index contributed by atoms with van der Waals surface area (Å²) < 4.78 is 10.9. The summed E-state index contributed by atoms with van der Waals surface area (Å²) in [5.41, 5.74) is 2.50. The molecule has 4 aromatic rings. The third kappa shape index (κ3) is 16.9. The first-order valence-corrected chi connectivity index (χ1v) is 17.3. The molecule has 284 valence electrons. The molecule has 0 fully saturated rings. The van der Waals surface area contributed by atoms with Crippen LogP contribution < -0.4 is 30.7 Å². The van der Waals surface area contributed by atoms with Crippen molar-refractivity contribution in [1.82, 2.24) is 21.3 Å². The summed E-state index contributed by atoms with van der Waals surface area (Å²) in [5.74, 6) is 1.00. The minimum atomic E-state index is -0.732. The lowest BCUT2D eigenvalue weighted by atomic mass is 10.1. The second-order valence-corrected chi connectivity index (χ2v) is 11.9. The summed E-state index contributed by atoms with van der Waals surface area (Å²) in [6, 6.07) is 30.8. The van der Waals surface area contributed by atoms with Crippen molar-refractivity contribution in [1.29, 1.82) is 10.5 Å². The van der Waals surface area contributed by atoms with Crippen LogP contribution >= 0.6 is 0 Å². The van der Waals surface area contributed by atoms with E-state index in [0.717, 1.165) is 11.1 Å². The molecule has 0 saturated carbocycles. The average molecular weight is 739 g/mol. The molecule has 2 unspecified atom stereocenters. The number of rotatable bonds is 20. The summed E-state index contributed by atoms with van der Waals surface area (Å²) in [7, 11) is 0. The van der Waals surface area contributed by atoms with Gasteiger partial charge in [-0.05, 0) is 59.7 Å². The van der Waals surface area contributed by atoms with Crippen molar-refractivity contribution < 1.29 is 39.5 Å². The maximum atomic E-state index is 11.8. The van der Waals surface area contributed by atoms with Crippen LogP contribution in [-0.2, 0) is 22.4 Å². The van der Waals surface area contributed by atoms with Crippen molar-refractivity contribution in [3.05, 3.63) is 119 Å². The van der Waals surface area contributed by atoms with E-state index in [4.69, 9.17) is 20.0 Å². The van der Waals surface area contributed by atoms with Crippen LogP contribution in [0.5, 0.6) is 23.0 Å². The Morgan fingerprint density at radius 3 is 1.31 bits per heavy atom. The fourth-order valence-corrected chi connectivity index (χ4v) is 4.70. The molecule has 0 saturated heterocycles. The maximum absolute atomic E-state index is 11.8. The molecule has 0 spiro atoms. The Morgan fingerprint density at radius 2 is 0.944 bits per heavy atom. The van der Waals surface area contributed by atoms with Gasteiger partial charge in [0.1, 0.15) is 60.6 Å². The number of para-hydroxylation sites is 2. The summed E-state index contributed by atoms with van der Waals surface area (Å²) in [4.78, 5) is 23.6. The normalized spacial score (nSPS) is 11.4. The Hall–Kier alpha value is -6.16. The molecular formula is C40H46N6O8. The predicted octanol–water partition coefficient (Wildman–Crippen LogP) is 1.90. The van der Waals surface area contributed by atoms with Gasteiger partial charge in [-0.15, -0.1) is 0 Å². The first-order chi connectivity index (χ1) is 26.2. The fourth-order valence-electron chi connectivity index (χ4n) is 4.70. The second kappa shape index (κ2) is 24.2. The third-order valence-electron chi connectivity index (χ3n) is 7.49. The lowest BCUT2D eigenvalue weighted by Crippen LogP contribution is -2.37.